The van der Waals surface area contributed by atoms with E-state index in [0.29, 0.717) is 0 Å². The van der Waals surface area contributed by atoms with Crippen molar-refractivity contribution < 1.29 is 21.6 Å². The number of anilines is 1. The molecule has 1 aliphatic carbocycles. The van der Waals surface area contributed by atoms with Gasteiger partial charge in [0.2, 0.25) is 20.0 Å². The quantitative estimate of drug-likeness (QED) is 0.654. The van der Waals surface area contributed by atoms with E-state index in [1.54, 1.807) is 6.92 Å². The Kier molecular flexibility index (Phi) is 6.96. The van der Waals surface area contributed by atoms with E-state index < -0.39 is 25.6 Å². The molecule has 8 nitrogen and oxygen atoms in total. The van der Waals surface area contributed by atoms with Crippen molar-refractivity contribution >= 4 is 25.7 Å². The van der Waals surface area contributed by atoms with Gasteiger partial charge in [0, 0.05) is 6.07 Å². The van der Waals surface area contributed by atoms with Crippen molar-refractivity contribution in [3.05, 3.63) is 18.2 Å². The lowest BCUT2D eigenvalue weighted by Crippen LogP contribution is -2.50. The number of nitriles is 1. The Morgan fingerprint density at radius 1 is 1.21 bits per heavy atom. The van der Waals surface area contributed by atoms with E-state index in [1.165, 1.54) is 32.2 Å². The fraction of sp³-hybridized carbons (Fsp3) is 0.611. The largest absolute Gasteiger partial charge is 0.495 e. The Balaban J connectivity index is 2.35. The van der Waals surface area contributed by atoms with Crippen LogP contribution in [-0.4, -0.2) is 35.2 Å². The Labute approximate surface area is 167 Å². The second kappa shape index (κ2) is 8.68. The first-order chi connectivity index (χ1) is 13.1. The van der Waals surface area contributed by atoms with Crippen molar-refractivity contribution in [2.24, 2.45) is 5.92 Å². The summed E-state index contributed by atoms with van der Waals surface area (Å²) < 4.78 is 59.6. The van der Waals surface area contributed by atoms with Crippen LogP contribution in [0.4, 0.5) is 5.69 Å². The highest BCUT2D eigenvalue weighted by Crippen LogP contribution is 2.35. The van der Waals surface area contributed by atoms with Gasteiger partial charge in [-0.15, -0.1) is 0 Å². The molecule has 0 aliphatic heterocycles. The van der Waals surface area contributed by atoms with Gasteiger partial charge in [0.15, 0.2) is 0 Å². The molecule has 0 amide bonds. The van der Waals surface area contributed by atoms with Crippen LogP contribution in [0.25, 0.3) is 0 Å². The second-order valence-corrected chi connectivity index (χ2v) is 10.8. The molecule has 1 aromatic rings. The molecule has 0 radical (unpaired) electrons. The molecule has 1 unspecified atom stereocenters. The van der Waals surface area contributed by atoms with E-state index in [0.717, 1.165) is 32.1 Å². The second-order valence-electron chi connectivity index (χ2n) is 7.13. The van der Waals surface area contributed by atoms with E-state index in [2.05, 4.69) is 15.5 Å². The van der Waals surface area contributed by atoms with Crippen LogP contribution >= 0.6 is 0 Å². The number of nitrogens with one attached hydrogen (secondary N) is 2. The highest BCUT2D eigenvalue weighted by atomic mass is 32.2. The molecular formula is C18H27N3O5S2. The molecule has 0 aromatic heterocycles. The molecule has 0 heterocycles. The summed E-state index contributed by atoms with van der Waals surface area (Å²) in [6, 6.07) is 6.08. The van der Waals surface area contributed by atoms with E-state index in [1.807, 2.05) is 0 Å². The summed E-state index contributed by atoms with van der Waals surface area (Å²) in [6.07, 6.45) is 4.62. The minimum atomic E-state index is -4.06. The highest BCUT2D eigenvalue weighted by Gasteiger charge is 2.39. The van der Waals surface area contributed by atoms with Crippen LogP contribution in [0.1, 0.15) is 46.0 Å². The monoisotopic (exact) mass is 429 g/mol. The van der Waals surface area contributed by atoms with Crippen LogP contribution in [0, 0.1) is 17.2 Å². The van der Waals surface area contributed by atoms with Gasteiger partial charge in [-0.3, -0.25) is 4.72 Å². The molecule has 1 atom stereocenters. The maximum atomic E-state index is 13.0. The van der Waals surface area contributed by atoms with Crippen LogP contribution in [0.5, 0.6) is 5.75 Å². The third-order valence-electron chi connectivity index (χ3n) is 5.11. The van der Waals surface area contributed by atoms with E-state index >= 15 is 0 Å². The van der Waals surface area contributed by atoms with Crippen molar-refractivity contribution in [3.8, 4) is 11.8 Å². The first kappa shape index (κ1) is 22.5. The zero-order chi connectivity index (χ0) is 21.0. The topological polar surface area (TPSA) is 125 Å². The van der Waals surface area contributed by atoms with Gasteiger partial charge in [0.05, 0.1) is 24.6 Å². The molecule has 156 valence electrons. The molecule has 1 aromatic carbocycles. The zero-order valence-corrected chi connectivity index (χ0v) is 18.0. The Morgan fingerprint density at radius 2 is 1.86 bits per heavy atom. The molecule has 0 saturated heterocycles. The predicted molar refractivity (Wildman–Crippen MR) is 107 cm³/mol. The van der Waals surface area contributed by atoms with Gasteiger partial charge in [-0.25, -0.2) is 16.8 Å². The van der Waals surface area contributed by atoms with Crippen LogP contribution in [0.15, 0.2) is 23.1 Å². The van der Waals surface area contributed by atoms with Gasteiger partial charge >= 0.3 is 0 Å². The van der Waals surface area contributed by atoms with Gasteiger partial charge < -0.3 is 4.74 Å². The van der Waals surface area contributed by atoms with Crippen LogP contribution < -0.4 is 14.2 Å². The standard InChI is InChI=1S/C18H27N3O5S2/c1-4-27(22,23)20-15-10-11-17(16(12-15)26-3)28(24,25)21-18(2,13-19)14-8-6-5-7-9-14/h10-12,14,20-21H,4-9H2,1-3H3. The van der Waals surface area contributed by atoms with Crippen LogP contribution in [-0.2, 0) is 20.0 Å². The number of hydrogen-bond acceptors (Lipinski definition) is 6. The average Bonchev–Trinajstić information content (AvgIpc) is 2.67. The molecular weight excluding hydrogens is 402 g/mol. The Bertz CT molecular complexity index is 948. The molecule has 1 saturated carbocycles. The lowest BCUT2D eigenvalue weighted by molar-refractivity contribution is 0.253. The molecule has 0 spiro atoms. The number of methoxy groups -OCH3 is 1. The van der Waals surface area contributed by atoms with Gasteiger partial charge in [0.25, 0.3) is 0 Å². The maximum absolute atomic E-state index is 13.0. The number of hydrogen-bond donors (Lipinski definition) is 2. The molecule has 0 bridgehead atoms. The lowest BCUT2D eigenvalue weighted by atomic mass is 9.77. The first-order valence-corrected chi connectivity index (χ1v) is 12.3. The van der Waals surface area contributed by atoms with E-state index in [-0.39, 0.29) is 28.0 Å². The van der Waals surface area contributed by atoms with Crippen molar-refractivity contribution in [3.63, 3.8) is 0 Å². The number of nitrogens with zero attached hydrogens (tertiary/aromatic N) is 1. The molecule has 2 N–H and O–H groups in total. The summed E-state index contributed by atoms with van der Waals surface area (Å²) in [5.41, 5.74) is -1.03. The smallest absolute Gasteiger partial charge is 0.245 e. The maximum Gasteiger partial charge on any atom is 0.245 e. The number of benzene rings is 1. The van der Waals surface area contributed by atoms with Crippen molar-refractivity contribution in [2.45, 2.75) is 56.4 Å². The van der Waals surface area contributed by atoms with Crippen molar-refractivity contribution in [2.75, 3.05) is 17.6 Å². The number of sulfonamides is 2. The fourth-order valence-corrected chi connectivity index (χ4v) is 5.58. The third kappa shape index (κ3) is 5.16. The van der Waals surface area contributed by atoms with Gasteiger partial charge in [-0.05, 0) is 44.7 Å². The lowest BCUT2D eigenvalue weighted by Gasteiger charge is -2.34. The van der Waals surface area contributed by atoms with Crippen molar-refractivity contribution in [1.82, 2.24) is 4.72 Å². The van der Waals surface area contributed by atoms with Gasteiger partial charge in [0.1, 0.15) is 16.2 Å². The number of ether oxygens (including phenoxy) is 1. The Hall–Kier alpha value is -1.83. The predicted octanol–water partition coefficient (Wildman–Crippen LogP) is 2.60. The molecule has 1 aliphatic rings. The summed E-state index contributed by atoms with van der Waals surface area (Å²) in [5, 5.41) is 9.69. The first-order valence-electron chi connectivity index (χ1n) is 9.20. The van der Waals surface area contributed by atoms with Crippen molar-refractivity contribution in [1.29, 1.82) is 5.26 Å². The molecule has 28 heavy (non-hydrogen) atoms. The summed E-state index contributed by atoms with van der Waals surface area (Å²) >= 11 is 0. The van der Waals surface area contributed by atoms with Crippen LogP contribution in [0.2, 0.25) is 0 Å². The van der Waals surface area contributed by atoms with E-state index in [9.17, 15) is 22.1 Å². The summed E-state index contributed by atoms with van der Waals surface area (Å²) in [4.78, 5) is -0.147. The normalized spacial score (nSPS) is 18.1. The Morgan fingerprint density at radius 3 is 2.39 bits per heavy atom. The molecule has 10 heteroatoms. The third-order valence-corrected chi connectivity index (χ3v) is 8.02. The fourth-order valence-electron chi connectivity index (χ4n) is 3.42. The van der Waals surface area contributed by atoms with Gasteiger partial charge in [-0.2, -0.15) is 9.98 Å². The zero-order valence-electron chi connectivity index (χ0n) is 16.4. The minimum Gasteiger partial charge on any atom is -0.495 e. The van der Waals surface area contributed by atoms with Gasteiger partial charge in [-0.1, -0.05) is 19.3 Å². The van der Waals surface area contributed by atoms with E-state index in [4.69, 9.17) is 4.74 Å². The summed E-state index contributed by atoms with van der Waals surface area (Å²) in [7, 11) is -6.27. The summed E-state index contributed by atoms with van der Waals surface area (Å²) in [5.74, 6) is -0.186. The van der Waals surface area contributed by atoms with Crippen LogP contribution in [0.3, 0.4) is 0 Å². The summed E-state index contributed by atoms with van der Waals surface area (Å²) in [6.45, 7) is 3.10. The molecule has 1 fully saturated rings. The average molecular weight is 430 g/mol. The minimum absolute atomic E-state index is 0.00672. The molecule has 2 rings (SSSR count). The number of rotatable bonds is 8. The highest BCUT2D eigenvalue weighted by molar-refractivity contribution is 7.92. The SMILES string of the molecule is CCS(=O)(=O)Nc1ccc(S(=O)(=O)NC(C)(C#N)C2CCCCC2)c(OC)c1.